The third-order valence-electron chi connectivity index (χ3n) is 5.06. The van der Waals surface area contributed by atoms with E-state index >= 15 is 0 Å². The number of rotatable bonds is 4. The van der Waals surface area contributed by atoms with Crippen LogP contribution >= 0.6 is 0 Å². The second-order valence-corrected chi connectivity index (χ2v) is 6.79. The summed E-state index contributed by atoms with van der Waals surface area (Å²) in [6.07, 6.45) is 9.40. The molecule has 6 heteroatoms. The van der Waals surface area contributed by atoms with Gasteiger partial charge in [0.05, 0.1) is 5.69 Å². The number of hydrogen-bond donors (Lipinski definition) is 1. The summed E-state index contributed by atoms with van der Waals surface area (Å²) in [5, 5.41) is 13.2. The Hall–Kier alpha value is -1.85. The van der Waals surface area contributed by atoms with E-state index in [1.807, 2.05) is 11.0 Å². The van der Waals surface area contributed by atoms with Crippen LogP contribution in [0.3, 0.4) is 0 Å². The first kappa shape index (κ1) is 16.0. The van der Waals surface area contributed by atoms with Gasteiger partial charge in [0.1, 0.15) is 6.54 Å². The molecule has 0 unspecified atom stereocenters. The molecule has 3 rings (SSSR count). The first-order chi connectivity index (χ1) is 11.1. The smallest absolute Gasteiger partial charge is 0.325 e. The highest BCUT2D eigenvalue weighted by Gasteiger charge is 2.31. The summed E-state index contributed by atoms with van der Waals surface area (Å²) in [6, 6.07) is 1.89. The molecule has 1 aromatic heterocycles. The van der Waals surface area contributed by atoms with Crippen LogP contribution in [0.5, 0.6) is 0 Å². The zero-order valence-corrected chi connectivity index (χ0v) is 13.5. The fourth-order valence-corrected chi connectivity index (χ4v) is 3.85. The number of likely N-dealkylation sites (tertiary alicyclic amines) is 1. The summed E-state index contributed by atoms with van der Waals surface area (Å²) in [5.41, 5.74) is 0.910. The third-order valence-corrected chi connectivity index (χ3v) is 5.06. The predicted molar refractivity (Wildman–Crippen MR) is 85.0 cm³/mol. The molecule has 1 atom stereocenters. The number of amides is 1. The molecule has 2 heterocycles. The van der Waals surface area contributed by atoms with Crippen LogP contribution in [0, 0.1) is 5.92 Å². The largest absolute Gasteiger partial charge is 0.480 e. The van der Waals surface area contributed by atoms with Gasteiger partial charge in [-0.1, -0.05) is 19.3 Å². The monoisotopic (exact) mass is 319 g/mol. The van der Waals surface area contributed by atoms with Crippen molar-refractivity contribution in [3.63, 3.8) is 0 Å². The molecule has 1 aromatic rings. The number of hydrogen-bond acceptors (Lipinski definition) is 3. The standard InChI is InChI=1S/C17H25N3O3/c21-16(22)12-20-10-8-15(18-20)14-7-4-9-19(11-14)17(23)13-5-2-1-3-6-13/h8,10,13-14H,1-7,9,11-12H2,(H,21,22)/t14-/m1/s1. The van der Waals surface area contributed by atoms with Crippen LogP contribution in [0.25, 0.3) is 0 Å². The third kappa shape index (κ3) is 3.92. The molecule has 6 nitrogen and oxygen atoms in total. The van der Waals surface area contributed by atoms with E-state index in [1.165, 1.54) is 23.9 Å². The van der Waals surface area contributed by atoms with E-state index in [0.29, 0.717) is 5.91 Å². The summed E-state index contributed by atoms with van der Waals surface area (Å²) in [4.78, 5) is 25.5. The topological polar surface area (TPSA) is 75.4 Å². The van der Waals surface area contributed by atoms with Crippen LogP contribution in [0.15, 0.2) is 12.3 Å². The van der Waals surface area contributed by atoms with Crippen molar-refractivity contribution >= 4 is 11.9 Å². The molecule has 1 N–H and O–H groups in total. The molecular formula is C17H25N3O3. The van der Waals surface area contributed by atoms with Gasteiger partial charge in [-0.2, -0.15) is 5.10 Å². The number of carbonyl (C=O) groups is 2. The summed E-state index contributed by atoms with van der Waals surface area (Å²) in [5.74, 6) is -0.129. The fourth-order valence-electron chi connectivity index (χ4n) is 3.85. The molecule has 23 heavy (non-hydrogen) atoms. The van der Waals surface area contributed by atoms with Crippen molar-refractivity contribution in [2.45, 2.75) is 57.4 Å². The van der Waals surface area contributed by atoms with Gasteiger partial charge in [0.25, 0.3) is 0 Å². The van der Waals surface area contributed by atoms with E-state index in [4.69, 9.17) is 5.11 Å². The normalized spacial score (nSPS) is 23.0. The Labute approximate surface area is 136 Å². The lowest BCUT2D eigenvalue weighted by molar-refractivity contribution is -0.138. The second kappa shape index (κ2) is 7.15. The lowest BCUT2D eigenvalue weighted by Gasteiger charge is -2.35. The van der Waals surface area contributed by atoms with Gasteiger partial charge >= 0.3 is 5.97 Å². The lowest BCUT2D eigenvalue weighted by atomic mass is 9.87. The van der Waals surface area contributed by atoms with Crippen molar-refractivity contribution in [2.24, 2.45) is 5.92 Å². The highest BCUT2D eigenvalue weighted by atomic mass is 16.4. The average molecular weight is 319 g/mol. The Kier molecular flexibility index (Phi) is 4.98. The van der Waals surface area contributed by atoms with Crippen molar-refractivity contribution < 1.29 is 14.7 Å². The molecule has 0 spiro atoms. The number of aliphatic carboxylic acids is 1. The predicted octanol–water partition coefficient (Wildman–Crippen LogP) is 2.25. The van der Waals surface area contributed by atoms with Gasteiger partial charge in [0.15, 0.2) is 0 Å². The molecule has 0 bridgehead atoms. The number of aromatic nitrogens is 2. The van der Waals surface area contributed by atoms with Gasteiger partial charge in [-0.25, -0.2) is 0 Å². The second-order valence-electron chi connectivity index (χ2n) is 6.79. The van der Waals surface area contributed by atoms with Gasteiger partial charge in [-0.3, -0.25) is 14.3 Å². The van der Waals surface area contributed by atoms with Crippen LogP contribution in [-0.2, 0) is 16.1 Å². The Morgan fingerprint density at radius 2 is 1.96 bits per heavy atom. The van der Waals surface area contributed by atoms with E-state index in [-0.39, 0.29) is 18.4 Å². The maximum atomic E-state index is 12.7. The summed E-state index contributed by atoms with van der Waals surface area (Å²) >= 11 is 0. The molecular weight excluding hydrogens is 294 g/mol. The number of carboxylic acid groups (broad SMARTS) is 1. The molecule has 2 fully saturated rings. The van der Waals surface area contributed by atoms with Crippen LogP contribution in [0.4, 0.5) is 0 Å². The Balaban J connectivity index is 1.62. The van der Waals surface area contributed by atoms with Crippen molar-refractivity contribution in [2.75, 3.05) is 13.1 Å². The van der Waals surface area contributed by atoms with Gasteiger partial charge < -0.3 is 10.0 Å². The molecule has 126 valence electrons. The minimum atomic E-state index is -0.891. The van der Waals surface area contributed by atoms with Crippen LogP contribution < -0.4 is 0 Å². The Morgan fingerprint density at radius 1 is 1.17 bits per heavy atom. The van der Waals surface area contributed by atoms with Crippen molar-refractivity contribution in [1.29, 1.82) is 0 Å². The van der Waals surface area contributed by atoms with Gasteiger partial charge in [0, 0.05) is 31.1 Å². The zero-order chi connectivity index (χ0) is 16.2. The lowest BCUT2D eigenvalue weighted by Crippen LogP contribution is -2.42. The Bertz CT molecular complexity index is 563. The van der Waals surface area contributed by atoms with E-state index in [9.17, 15) is 9.59 Å². The average Bonchev–Trinajstić information content (AvgIpc) is 3.03. The van der Waals surface area contributed by atoms with Crippen molar-refractivity contribution in [3.05, 3.63) is 18.0 Å². The van der Waals surface area contributed by atoms with Crippen LogP contribution in [-0.4, -0.2) is 44.8 Å². The molecule has 1 aliphatic carbocycles. The molecule has 1 saturated carbocycles. The fraction of sp³-hybridized carbons (Fsp3) is 0.706. The minimum absolute atomic E-state index is 0.114. The van der Waals surface area contributed by atoms with Crippen molar-refractivity contribution in [3.8, 4) is 0 Å². The molecule has 0 aromatic carbocycles. The van der Waals surface area contributed by atoms with Gasteiger partial charge in [0.2, 0.25) is 5.91 Å². The first-order valence-corrected chi connectivity index (χ1v) is 8.67. The first-order valence-electron chi connectivity index (χ1n) is 8.67. The number of carbonyl (C=O) groups excluding carboxylic acids is 1. The maximum Gasteiger partial charge on any atom is 0.325 e. The number of carboxylic acids is 1. The van der Waals surface area contributed by atoms with E-state index in [2.05, 4.69) is 5.10 Å². The van der Waals surface area contributed by atoms with E-state index < -0.39 is 5.97 Å². The minimum Gasteiger partial charge on any atom is -0.480 e. The van der Waals surface area contributed by atoms with Crippen LogP contribution in [0.1, 0.15) is 56.6 Å². The summed E-state index contributed by atoms with van der Waals surface area (Å²) in [6.45, 7) is 1.46. The van der Waals surface area contributed by atoms with E-state index in [0.717, 1.165) is 44.5 Å². The number of piperidine rings is 1. The molecule has 1 saturated heterocycles. The quantitative estimate of drug-likeness (QED) is 0.923. The maximum absolute atomic E-state index is 12.7. The number of nitrogens with zero attached hydrogens (tertiary/aromatic N) is 3. The van der Waals surface area contributed by atoms with Gasteiger partial charge in [-0.05, 0) is 31.7 Å². The van der Waals surface area contributed by atoms with Crippen molar-refractivity contribution in [1.82, 2.24) is 14.7 Å². The molecule has 2 aliphatic rings. The molecule has 0 radical (unpaired) electrons. The van der Waals surface area contributed by atoms with E-state index in [1.54, 1.807) is 6.20 Å². The zero-order valence-electron chi connectivity index (χ0n) is 13.5. The Morgan fingerprint density at radius 3 is 2.70 bits per heavy atom. The highest BCUT2D eigenvalue weighted by Crippen LogP contribution is 2.30. The SMILES string of the molecule is O=C(O)Cn1ccc([C@@H]2CCCN(C(=O)C3CCCCC3)C2)n1. The highest BCUT2D eigenvalue weighted by molar-refractivity contribution is 5.79. The molecule has 1 aliphatic heterocycles. The van der Waals surface area contributed by atoms with Gasteiger partial charge in [-0.15, -0.1) is 0 Å². The summed E-state index contributed by atoms with van der Waals surface area (Å²) < 4.78 is 1.46. The van der Waals surface area contributed by atoms with Crippen LogP contribution in [0.2, 0.25) is 0 Å². The summed E-state index contributed by atoms with van der Waals surface area (Å²) in [7, 11) is 0. The molecule has 1 amide bonds.